The molecule has 0 radical (unpaired) electrons. The molecule has 0 spiro atoms. The lowest BCUT2D eigenvalue weighted by atomic mass is 10.2. The van der Waals surface area contributed by atoms with Crippen LogP contribution >= 0.6 is 31.9 Å². The molecule has 8 heteroatoms. The highest BCUT2D eigenvalue weighted by Gasteiger charge is 2.18. The number of amides is 1. The molecule has 0 bridgehead atoms. The van der Waals surface area contributed by atoms with Crippen LogP contribution in [0.2, 0.25) is 0 Å². The number of carbonyl (C=O) groups is 1. The number of aryl methyl sites for hydroxylation is 1. The van der Waals surface area contributed by atoms with Crippen LogP contribution in [0.4, 0.5) is 11.5 Å². The predicted octanol–water partition coefficient (Wildman–Crippen LogP) is 3.99. The highest BCUT2D eigenvalue weighted by molar-refractivity contribution is 9.10. The second kappa shape index (κ2) is 7.37. The molecule has 3 rings (SSSR count). The van der Waals surface area contributed by atoms with Gasteiger partial charge < -0.3 is 11.1 Å². The molecule has 3 aromatic rings. The molecule has 0 saturated heterocycles. The first-order valence-corrected chi connectivity index (χ1v) is 9.03. The first kappa shape index (κ1) is 17.6. The second-order valence-electron chi connectivity index (χ2n) is 5.53. The van der Waals surface area contributed by atoms with Gasteiger partial charge in [0.2, 0.25) is 0 Å². The first-order valence-electron chi connectivity index (χ1n) is 7.45. The Labute approximate surface area is 161 Å². The van der Waals surface area contributed by atoms with Crippen LogP contribution in [0.1, 0.15) is 21.6 Å². The number of nitrogens with zero attached hydrogens (tertiary/aromatic N) is 3. The Morgan fingerprint density at radius 2 is 2.04 bits per heavy atom. The summed E-state index contributed by atoms with van der Waals surface area (Å²) in [4.78, 5) is 12.4. The lowest BCUT2D eigenvalue weighted by Crippen LogP contribution is -2.15. The number of anilines is 2. The first-order chi connectivity index (χ1) is 11.9. The maximum absolute atomic E-state index is 12.4. The van der Waals surface area contributed by atoms with Gasteiger partial charge in [-0.3, -0.25) is 4.79 Å². The number of hydrogen-bond acceptors (Lipinski definition) is 4. The van der Waals surface area contributed by atoms with Gasteiger partial charge >= 0.3 is 0 Å². The van der Waals surface area contributed by atoms with Crippen molar-refractivity contribution >= 4 is 49.3 Å². The molecule has 2 aromatic carbocycles. The van der Waals surface area contributed by atoms with E-state index in [1.807, 2.05) is 43.3 Å². The van der Waals surface area contributed by atoms with Crippen molar-refractivity contribution in [1.82, 2.24) is 15.0 Å². The van der Waals surface area contributed by atoms with E-state index in [0.717, 1.165) is 20.1 Å². The average molecular weight is 465 g/mol. The van der Waals surface area contributed by atoms with E-state index in [1.165, 1.54) is 4.68 Å². The summed E-state index contributed by atoms with van der Waals surface area (Å²) in [6, 6.07) is 13.3. The van der Waals surface area contributed by atoms with Gasteiger partial charge in [0.05, 0.1) is 6.54 Å². The smallest absolute Gasteiger partial charge is 0.280 e. The summed E-state index contributed by atoms with van der Waals surface area (Å²) in [6.07, 6.45) is 0. The number of nitrogens with two attached hydrogens (primary N) is 1. The molecule has 0 saturated carbocycles. The third kappa shape index (κ3) is 4.08. The monoisotopic (exact) mass is 463 g/mol. The van der Waals surface area contributed by atoms with E-state index in [0.29, 0.717) is 12.2 Å². The Balaban J connectivity index is 1.77. The van der Waals surface area contributed by atoms with Crippen LogP contribution in [0.15, 0.2) is 51.4 Å². The number of benzene rings is 2. The number of rotatable bonds is 4. The Morgan fingerprint density at radius 3 is 2.76 bits per heavy atom. The minimum atomic E-state index is -0.389. The highest BCUT2D eigenvalue weighted by atomic mass is 79.9. The van der Waals surface area contributed by atoms with Crippen molar-refractivity contribution in [3.8, 4) is 0 Å². The van der Waals surface area contributed by atoms with Gasteiger partial charge in [-0.15, -0.1) is 5.10 Å². The minimum Gasteiger partial charge on any atom is -0.382 e. The summed E-state index contributed by atoms with van der Waals surface area (Å²) >= 11 is 6.86. The number of nitrogens with one attached hydrogen (secondary N) is 1. The van der Waals surface area contributed by atoms with Gasteiger partial charge in [-0.05, 0) is 48.4 Å². The number of halogens is 2. The van der Waals surface area contributed by atoms with E-state index < -0.39 is 0 Å². The van der Waals surface area contributed by atoms with E-state index in [4.69, 9.17) is 5.73 Å². The van der Waals surface area contributed by atoms with Crippen molar-refractivity contribution < 1.29 is 4.79 Å². The Morgan fingerprint density at radius 1 is 1.24 bits per heavy atom. The topological polar surface area (TPSA) is 85.8 Å². The van der Waals surface area contributed by atoms with Gasteiger partial charge in [0.25, 0.3) is 5.91 Å². The Kier molecular flexibility index (Phi) is 5.19. The standard InChI is InChI=1S/C17H15Br2N5O/c1-10-7-13(5-6-14(10)19)21-17(25)15-16(20)24(23-22-15)9-11-3-2-4-12(18)8-11/h2-8H,9,20H2,1H3,(H,21,25). The summed E-state index contributed by atoms with van der Waals surface area (Å²) < 4.78 is 3.45. The molecule has 0 aliphatic rings. The van der Waals surface area contributed by atoms with Gasteiger partial charge in [0, 0.05) is 14.6 Å². The van der Waals surface area contributed by atoms with Crippen LogP contribution in [0.3, 0.4) is 0 Å². The van der Waals surface area contributed by atoms with E-state index in [-0.39, 0.29) is 17.4 Å². The maximum Gasteiger partial charge on any atom is 0.280 e. The van der Waals surface area contributed by atoms with Crippen LogP contribution in [0, 0.1) is 6.92 Å². The van der Waals surface area contributed by atoms with Crippen molar-refractivity contribution in [2.24, 2.45) is 0 Å². The predicted molar refractivity (Wildman–Crippen MR) is 105 cm³/mol. The fourth-order valence-corrected chi connectivity index (χ4v) is 3.01. The lowest BCUT2D eigenvalue weighted by Gasteiger charge is -2.07. The largest absolute Gasteiger partial charge is 0.382 e. The van der Waals surface area contributed by atoms with E-state index in [2.05, 4.69) is 47.5 Å². The number of nitrogen functional groups attached to an aromatic ring is 1. The molecule has 3 N–H and O–H groups in total. The average Bonchev–Trinajstić information content (AvgIpc) is 2.92. The van der Waals surface area contributed by atoms with Gasteiger partial charge in [-0.25, -0.2) is 4.68 Å². The van der Waals surface area contributed by atoms with Crippen molar-refractivity contribution in [2.45, 2.75) is 13.5 Å². The molecule has 1 aromatic heterocycles. The quantitative estimate of drug-likeness (QED) is 0.611. The van der Waals surface area contributed by atoms with Crippen molar-refractivity contribution in [2.75, 3.05) is 11.1 Å². The van der Waals surface area contributed by atoms with E-state index in [1.54, 1.807) is 6.07 Å². The van der Waals surface area contributed by atoms with Gasteiger partial charge in [-0.2, -0.15) is 0 Å². The highest BCUT2D eigenvalue weighted by Crippen LogP contribution is 2.21. The van der Waals surface area contributed by atoms with Crippen LogP contribution in [-0.4, -0.2) is 20.9 Å². The minimum absolute atomic E-state index is 0.107. The molecule has 0 unspecified atom stereocenters. The number of hydrogen-bond donors (Lipinski definition) is 2. The van der Waals surface area contributed by atoms with Crippen LogP contribution in [0.25, 0.3) is 0 Å². The van der Waals surface area contributed by atoms with Gasteiger partial charge in [-0.1, -0.05) is 49.2 Å². The molecule has 0 aliphatic heterocycles. The number of carbonyl (C=O) groups excluding carboxylic acids is 1. The normalized spacial score (nSPS) is 10.7. The summed E-state index contributed by atoms with van der Waals surface area (Å²) in [5, 5.41) is 10.7. The fourth-order valence-electron chi connectivity index (χ4n) is 2.32. The van der Waals surface area contributed by atoms with Crippen molar-refractivity contribution in [3.63, 3.8) is 0 Å². The van der Waals surface area contributed by atoms with Crippen LogP contribution in [-0.2, 0) is 6.54 Å². The molecule has 1 amide bonds. The molecule has 0 fully saturated rings. The Bertz CT molecular complexity index is 939. The summed E-state index contributed by atoms with van der Waals surface area (Å²) in [6.45, 7) is 2.38. The van der Waals surface area contributed by atoms with Crippen molar-refractivity contribution in [1.29, 1.82) is 0 Å². The molecule has 0 atom stereocenters. The molecule has 25 heavy (non-hydrogen) atoms. The van der Waals surface area contributed by atoms with Gasteiger partial charge in [0.15, 0.2) is 11.5 Å². The van der Waals surface area contributed by atoms with Gasteiger partial charge in [0.1, 0.15) is 0 Å². The number of aromatic nitrogens is 3. The molecular weight excluding hydrogens is 450 g/mol. The third-order valence-electron chi connectivity index (χ3n) is 3.63. The second-order valence-corrected chi connectivity index (χ2v) is 7.30. The summed E-state index contributed by atoms with van der Waals surface area (Å²) in [7, 11) is 0. The zero-order valence-electron chi connectivity index (χ0n) is 13.3. The maximum atomic E-state index is 12.4. The zero-order chi connectivity index (χ0) is 18.0. The fraction of sp³-hybridized carbons (Fsp3) is 0.118. The zero-order valence-corrected chi connectivity index (χ0v) is 16.5. The van der Waals surface area contributed by atoms with Crippen LogP contribution in [0.5, 0.6) is 0 Å². The summed E-state index contributed by atoms with van der Waals surface area (Å²) in [5.41, 5.74) is 8.85. The van der Waals surface area contributed by atoms with E-state index >= 15 is 0 Å². The SMILES string of the molecule is Cc1cc(NC(=O)c2nnn(Cc3cccc(Br)c3)c2N)ccc1Br. The summed E-state index contributed by atoms with van der Waals surface area (Å²) in [5.74, 6) is -0.161. The van der Waals surface area contributed by atoms with Crippen LogP contribution < -0.4 is 11.1 Å². The molecule has 1 heterocycles. The molecular formula is C17H15Br2N5O. The molecule has 6 nitrogen and oxygen atoms in total. The van der Waals surface area contributed by atoms with Crippen molar-refractivity contribution in [3.05, 3.63) is 68.2 Å². The third-order valence-corrected chi connectivity index (χ3v) is 5.01. The lowest BCUT2D eigenvalue weighted by molar-refractivity contribution is 0.102. The molecule has 0 aliphatic carbocycles. The van der Waals surface area contributed by atoms with E-state index in [9.17, 15) is 4.79 Å². The molecule has 128 valence electrons. The Hall–Kier alpha value is -2.19.